The second-order valence-electron chi connectivity index (χ2n) is 11.6. The zero-order valence-electron chi connectivity index (χ0n) is 24.0. The molecule has 4 rings (SSSR count). The van der Waals surface area contributed by atoms with E-state index >= 15 is 0 Å². The lowest BCUT2D eigenvalue weighted by Crippen LogP contribution is -2.52. The number of allylic oxidation sites excluding steroid dienone is 3. The SMILES string of the molecule is COCC(C)[C@@]1(C)C(/C(=C\SCc2ccccc2)C(C)=O)=C(O)C(=O)C2=C1C(OC(C)=O)C[C@]1(C)C(=O)CCC21. The third kappa shape index (κ3) is 5.00. The Morgan fingerprint density at radius 3 is 2.45 bits per heavy atom. The second-order valence-corrected chi connectivity index (χ2v) is 12.4. The number of fused-ring (bicyclic) bond motifs is 2. The minimum Gasteiger partial charge on any atom is -0.504 e. The molecule has 1 aromatic rings. The van der Waals surface area contributed by atoms with Gasteiger partial charge in [-0.05, 0) is 35.8 Å². The van der Waals surface area contributed by atoms with Crippen LogP contribution >= 0.6 is 11.8 Å². The first-order valence-electron chi connectivity index (χ1n) is 13.7. The molecule has 3 aliphatic carbocycles. The monoisotopic (exact) mass is 566 g/mol. The maximum absolute atomic E-state index is 14.1. The van der Waals surface area contributed by atoms with Gasteiger partial charge in [0.2, 0.25) is 5.78 Å². The molecule has 0 bridgehead atoms. The van der Waals surface area contributed by atoms with Crippen LogP contribution in [0, 0.1) is 22.7 Å². The van der Waals surface area contributed by atoms with Gasteiger partial charge in [-0.25, -0.2) is 0 Å². The van der Waals surface area contributed by atoms with E-state index in [1.807, 2.05) is 51.1 Å². The number of esters is 1. The van der Waals surface area contributed by atoms with E-state index in [-0.39, 0.29) is 41.7 Å². The van der Waals surface area contributed by atoms with Crippen LogP contribution in [0.2, 0.25) is 0 Å². The molecule has 0 spiro atoms. The molecule has 8 heteroatoms. The highest BCUT2D eigenvalue weighted by Crippen LogP contribution is 2.62. The van der Waals surface area contributed by atoms with Crippen molar-refractivity contribution in [3.63, 3.8) is 0 Å². The minimum absolute atomic E-state index is 0.0246. The fourth-order valence-electron chi connectivity index (χ4n) is 6.91. The lowest BCUT2D eigenvalue weighted by molar-refractivity contribution is -0.150. The number of aliphatic hydroxyl groups excluding tert-OH is 1. The summed E-state index contributed by atoms with van der Waals surface area (Å²) in [5.74, 6) is -2.03. The summed E-state index contributed by atoms with van der Waals surface area (Å²) >= 11 is 1.40. The van der Waals surface area contributed by atoms with Crippen LogP contribution < -0.4 is 0 Å². The predicted molar refractivity (Wildman–Crippen MR) is 153 cm³/mol. The zero-order valence-corrected chi connectivity index (χ0v) is 24.9. The van der Waals surface area contributed by atoms with E-state index in [9.17, 15) is 24.3 Å². The fourth-order valence-corrected chi connectivity index (χ4v) is 7.83. The van der Waals surface area contributed by atoms with E-state index in [1.54, 1.807) is 12.5 Å². The third-order valence-electron chi connectivity index (χ3n) is 9.06. The second kappa shape index (κ2) is 11.5. The van der Waals surface area contributed by atoms with E-state index in [4.69, 9.17) is 9.47 Å². The van der Waals surface area contributed by atoms with Crippen molar-refractivity contribution in [2.24, 2.45) is 22.7 Å². The maximum atomic E-state index is 14.1. The summed E-state index contributed by atoms with van der Waals surface area (Å²) in [5, 5.41) is 13.4. The average molecular weight is 567 g/mol. The van der Waals surface area contributed by atoms with Gasteiger partial charge in [0.25, 0.3) is 0 Å². The number of aliphatic hydroxyl groups is 1. The summed E-state index contributed by atoms with van der Waals surface area (Å²) in [6.45, 7) is 8.63. The van der Waals surface area contributed by atoms with Crippen molar-refractivity contribution >= 4 is 35.1 Å². The van der Waals surface area contributed by atoms with Gasteiger partial charge in [0.1, 0.15) is 11.9 Å². The molecule has 214 valence electrons. The molecule has 1 N–H and O–H groups in total. The minimum atomic E-state index is -1.10. The third-order valence-corrected chi connectivity index (χ3v) is 9.97. The molecule has 0 aromatic heterocycles. The summed E-state index contributed by atoms with van der Waals surface area (Å²) in [6.07, 6.45) is 0.172. The Labute approximate surface area is 240 Å². The highest BCUT2D eigenvalue weighted by molar-refractivity contribution is 8.01. The first-order valence-corrected chi connectivity index (χ1v) is 14.7. The molecule has 1 fully saturated rings. The fraction of sp³-hybridized carbons (Fsp3) is 0.500. The first kappa shape index (κ1) is 30.0. The van der Waals surface area contributed by atoms with Crippen molar-refractivity contribution in [1.82, 2.24) is 0 Å². The molecular weight excluding hydrogens is 528 g/mol. The number of benzene rings is 1. The molecule has 40 heavy (non-hydrogen) atoms. The molecule has 1 saturated carbocycles. The Bertz CT molecular complexity index is 1320. The number of ketones is 3. The van der Waals surface area contributed by atoms with Gasteiger partial charge in [-0.1, -0.05) is 51.1 Å². The largest absolute Gasteiger partial charge is 0.504 e. The predicted octanol–water partition coefficient (Wildman–Crippen LogP) is 5.69. The molecule has 0 radical (unpaired) electrons. The van der Waals surface area contributed by atoms with Crippen molar-refractivity contribution in [2.75, 3.05) is 13.7 Å². The van der Waals surface area contributed by atoms with E-state index in [0.717, 1.165) is 5.56 Å². The van der Waals surface area contributed by atoms with Crippen LogP contribution in [0.1, 0.15) is 59.4 Å². The first-order chi connectivity index (χ1) is 18.9. The molecule has 1 aromatic carbocycles. The number of Topliss-reactive ketones (excluding diaryl/α,β-unsaturated/α-hetero) is 3. The van der Waals surface area contributed by atoms with E-state index in [2.05, 4.69) is 0 Å². The number of hydrogen-bond donors (Lipinski definition) is 1. The molecule has 3 unspecified atom stereocenters. The smallest absolute Gasteiger partial charge is 0.303 e. The molecule has 3 aliphatic rings. The Hall–Kier alpha value is -2.97. The van der Waals surface area contributed by atoms with Gasteiger partial charge in [-0.15, -0.1) is 11.8 Å². The summed E-state index contributed by atoms with van der Waals surface area (Å²) in [4.78, 5) is 52.7. The number of hydrogen-bond acceptors (Lipinski definition) is 8. The zero-order chi connectivity index (χ0) is 29.4. The van der Waals surface area contributed by atoms with E-state index in [1.165, 1.54) is 25.6 Å². The van der Waals surface area contributed by atoms with Crippen LogP contribution in [-0.4, -0.2) is 48.2 Å². The van der Waals surface area contributed by atoms with Crippen molar-refractivity contribution in [2.45, 2.75) is 65.7 Å². The van der Waals surface area contributed by atoms with Crippen LogP contribution in [0.3, 0.4) is 0 Å². The highest BCUT2D eigenvalue weighted by atomic mass is 32.2. The number of ether oxygens (including phenoxy) is 2. The molecule has 0 saturated heterocycles. The van der Waals surface area contributed by atoms with Gasteiger partial charge in [-0.3, -0.25) is 19.2 Å². The van der Waals surface area contributed by atoms with Gasteiger partial charge in [-0.2, -0.15) is 0 Å². The quantitative estimate of drug-likeness (QED) is 0.300. The Morgan fingerprint density at radius 2 is 1.85 bits per heavy atom. The Balaban J connectivity index is 1.94. The van der Waals surface area contributed by atoms with Crippen LogP contribution in [0.25, 0.3) is 0 Å². The summed E-state index contributed by atoms with van der Waals surface area (Å²) in [5.41, 5.74) is 0.460. The molecule has 5 atom stereocenters. The molecule has 0 amide bonds. The number of rotatable bonds is 9. The highest BCUT2D eigenvalue weighted by Gasteiger charge is 2.61. The van der Waals surface area contributed by atoms with Gasteiger partial charge in [0.15, 0.2) is 11.5 Å². The van der Waals surface area contributed by atoms with E-state index in [0.29, 0.717) is 29.7 Å². The molecule has 7 nitrogen and oxygen atoms in total. The van der Waals surface area contributed by atoms with E-state index < -0.39 is 40.4 Å². The van der Waals surface area contributed by atoms with Gasteiger partial charge < -0.3 is 14.6 Å². The van der Waals surface area contributed by atoms with Crippen molar-refractivity contribution in [3.05, 3.63) is 69.4 Å². The maximum Gasteiger partial charge on any atom is 0.303 e. The standard InChI is InChI=1S/C32H38O7S/c1-18(15-38-6)32(5)27(22(19(2)33)17-40-16-21-10-8-7-9-11-21)30(37)29(36)26-23-12-13-25(35)31(23,4)14-24(28(26)32)39-20(3)34/h7-11,17-18,23-24,37H,12-16H2,1-6H3/b22-17-/t18?,23?,24?,31-,32-/m0/s1. The summed E-state index contributed by atoms with van der Waals surface area (Å²) in [7, 11) is 1.57. The Morgan fingerprint density at radius 1 is 1.18 bits per heavy atom. The lowest BCUT2D eigenvalue weighted by atomic mass is 9.52. The Kier molecular flexibility index (Phi) is 8.62. The van der Waals surface area contributed by atoms with Gasteiger partial charge in [0, 0.05) is 72.7 Å². The topological polar surface area (TPSA) is 107 Å². The van der Waals surface area contributed by atoms with Crippen molar-refractivity contribution in [1.29, 1.82) is 0 Å². The number of thioether (sulfide) groups is 1. The van der Waals surface area contributed by atoms with Crippen LogP contribution in [-0.2, 0) is 34.4 Å². The van der Waals surface area contributed by atoms with Gasteiger partial charge >= 0.3 is 5.97 Å². The number of methoxy groups -OCH3 is 1. The summed E-state index contributed by atoms with van der Waals surface area (Å²) < 4.78 is 11.4. The average Bonchev–Trinajstić information content (AvgIpc) is 3.19. The van der Waals surface area contributed by atoms with Crippen LogP contribution in [0.5, 0.6) is 0 Å². The van der Waals surface area contributed by atoms with Crippen LogP contribution in [0.15, 0.2) is 63.8 Å². The van der Waals surface area contributed by atoms with Crippen molar-refractivity contribution < 1.29 is 33.8 Å². The van der Waals surface area contributed by atoms with Crippen molar-refractivity contribution in [3.8, 4) is 0 Å². The molecule has 0 heterocycles. The number of carbonyl (C=O) groups excluding carboxylic acids is 4. The molecular formula is C32H38O7S. The summed E-state index contributed by atoms with van der Waals surface area (Å²) in [6, 6.07) is 9.79. The number of carbonyl (C=O) groups is 4. The normalized spacial score (nSPS) is 29.3. The lowest BCUT2D eigenvalue weighted by Gasteiger charge is -2.51. The van der Waals surface area contributed by atoms with Crippen LogP contribution in [0.4, 0.5) is 0 Å². The molecule has 0 aliphatic heterocycles. The van der Waals surface area contributed by atoms with Gasteiger partial charge in [0.05, 0.1) is 0 Å².